The van der Waals surface area contributed by atoms with Crippen molar-refractivity contribution in [2.24, 2.45) is 0 Å². The van der Waals surface area contributed by atoms with E-state index in [1.54, 1.807) is 6.92 Å². The smallest absolute Gasteiger partial charge is 0.358 e. The van der Waals surface area contributed by atoms with Gasteiger partial charge in [0.05, 0.1) is 25.8 Å². The Kier molecular flexibility index (Phi) is 5.78. The maximum absolute atomic E-state index is 11.0. The lowest BCUT2D eigenvalue weighted by molar-refractivity contribution is -0.142. The minimum absolute atomic E-state index is 0.0819. The number of aromatic nitrogens is 3. The average molecular weight is 256 g/mol. The largest absolute Gasteiger partial charge is 0.476 e. The molecule has 1 heterocycles. The molecule has 0 fully saturated rings. The first-order valence-electron chi connectivity index (χ1n) is 5.63. The number of hydrogen-bond acceptors (Lipinski definition) is 6. The second kappa shape index (κ2) is 7.38. The van der Waals surface area contributed by atoms with Crippen molar-refractivity contribution in [2.45, 2.75) is 19.9 Å². The van der Waals surface area contributed by atoms with Crippen LogP contribution in [-0.4, -0.2) is 51.7 Å². The zero-order valence-corrected chi connectivity index (χ0v) is 10.1. The van der Waals surface area contributed by atoms with Crippen LogP contribution in [0.15, 0.2) is 6.20 Å². The van der Waals surface area contributed by atoms with Crippen molar-refractivity contribution in [2.75, 3.05) is 19.7 Å². The Labute approximate surface area is 104 Å². The molecule has 0 bridgehead atoms. The minimum Gasteiger partial charge on any atom is -0.476 e. The molecule has 0 amide bonds. The Bertz CT molecular complexity index is 404. The lowest BCUT2D eigenvalue weighted by atomic mass is 10.4. The zero-order chi connectivity index (χ0) is 13.4. The van der Waals surface area contributed by atoms with Crippen LogP contribution in [0.25, 0.3) is 0 Å². The predicted molar refractivity (Wildman–Crippen MR) is 61.1 cm³/mol. The van der Waals surface area contributed by atoms with Gasteiger partial charge in [-0.05, 0) is 6.92 Å². The van der Waals surface area contributed by atoms with Gasteiger partial charge in [-0.25, -0.2) is 4.79 Å². The van der Waals surface area contributed by atoms with Crippen LogP contribution in [0.1, 0.15) is 23.8 Å². The average Bonchev–Trinajstić information content (AvgIpc) is 2.78. The molecule has 8 nitrogen and oxygen atoms in total. The zero-order valence-electron chi connectivity index (χ0n) is 10.1. The van der Waals surface area contributed by atoms with Crippen LogP contribution in [-0.2, 0) is 16.1 Å². The van der Waals surface area contributed by atoms with Crippen molar-refractivity contribution in [3.05, 3.63) is 11.9 Å². The van der Waals surface area contributed by atoms with Gasteiger partial charge in [-0.15, -0.1) is 5.10 Å². The Morgan fingerprint density at radius 2 is 2.28 bits per heavy atom. The number of nitrogens with one attached hydrogen (secondary N) is 1. The van der Waals surface area contributed by atoms with Crippen LogP contribution in [0.5, 0.6) is 0 Å². The molecule has 0 saturated carbocycles. The van der Waals surface area contributed by atoms with Gasteiger partial charge in [0.2, 0.25) is 0 Å². The first kappa shape index (κ1) is 14.1. The highest BCUT2D eigenvalue weighted by Crippen LogP contribution is 1.92. The van der Waals surface area contributed by atoms with Crippen LogP contribution >= 0.6 is 0 Å². The van der Waals surface area contributed by atoms with Crippen molar-refractivity contribution in [1.29, 1.82) is 0 Å². The Hall–Kier alpha value is -1.96. The van der Waals surface area contributed by atoms with Crippen molar-refractivity contribution < 1.29 is 19.4 Å². The molecule has 8 heteroatoms. The van der Waals surface area contributed by atoms with E-state index in [-0.39, 0.29) is 11.7 Å². The number of nitrogens with zero attached hydrogens (tertiary/aromatic N) is 3. The van der Waals surface area contributed by atoms with Crippen LogP contribution < -0.4 is 5.32 Å². The van der Waals surface area contributed by atoms with Gasteiger partial charge >= 0.3 is 11.9 Å². The summed E-state index contributed by atoms with van der Waals surface area (Å²) in [7, 11) is 0. The van der Waals surface area contributed by atoms with Crippen molar-refractivity contribution in [3.8, 4) is 0 Å². The molecule has 0 radical (unpaired) electrons. The SMILES string of the molecule is CCOC(=O)CCNCCn1cc(C(=O)O)nn1. The third-order valence-corrected chi connectivity index (χ3v) is 2.09. The van der Waals surface area contributed by atoms with E-state index >= 15 is 0 Å². The van der Waals surface area contributed by atoms with Crippen molar-refractivity contribution >= 4 is 11.9 Å². The highest BCUT2D eigenvalue weighted by Gasteiger charge is 2.07. The van der Waals surface area contributed by atoms with Crippen molar-refractivity contribution in [1.82, 2.24) is 20.3 Å². The molecule has 1 aromatic heterocycles. The standard InChI is InChI=1S/C10H16N4O4/c1-2-18-9(15)3-4-11-5-6-14-7-8(10(16)17)12-13-14/h7,11H,2-6H2,1H3,(H,16,17). The van der Waals surface area contributed by atoms with Crippen LogP contribution in [0.2, 0.25) is 0 Å². The number of hydrogen-bond donors (Lipinski definition) is 2. The Morgan fingerprint density at radius 1 is 1.50 bits per heavy atom. The highest BCUT2D eigenvalue weighted by atomic mass is 16.5. The predicted octanol–water partition coefficient (Wildman–Crippen LogP) is -0.481. The van der Waals surface area contributed by atoms with Gasteiger partial charge in [-0.1, -0.05) is 5.21 Å². The summed E-state index contributed by atoms with van der Waals surface area (Å²) < 4.78 is 6.20. The first-order chi connectivity index (χ1) is 8.63. The highest BCUT2D eigenvalue weighted by molar-refractivity contribution is 5.84. The third kappa shape index (κ3) is 4.91. The first-order valence-corrected chi connectivity index (χ1v) is 5.63. The molecular formula is C10H16N4O4. The summed E-state index contributed by atoms with van der Waals surface area (Å²) in [6.07, 6.45) is 1.67. The second-order valence-electron chi connectivity index (χ2n) is 3.48. The number of carbonyl (C=O) groups is 2. The van der Waals surface area contributed by atoms with E-state index in [0.717, 1.165) is 0 Å². The third-order valence-electron chi connectivity index (χ3n) is 2.09. The molecule has 0 aromatic carbocycles. The molecule has 2 N–H and O–H groups in total. The summed E-state index contributed by atoms with van der Waals surface area (Å²) in [6, 6.07) is 0. The van der Waals surface area contributed by atoms with Gasteiger partial charge in [-0.2, -0.15) is 0 Å². The van der Waals surface area contributed by atoms with Gasteiger partial charge in [0.15, 0.2) is 5.69 Å². The van der Waals surface area contributed by atoms with Gasteiger partial charge < -0.3 is 15.2 Å². The molecule has 0 aliphatic carbocycles. The fraction of sp³-hybridized carbons (Fsp3) is 0.600. The monoisotopic (exact) mass is 256 g/mol. The van der Waals surface area contributed by atoms with Crippen LogP contribution in [0.4, 0.5) is 0 Å². The van der Waals surface area contributed by atoms with E-state index in [0.29, 0.717) is 32.7 Å². The minimum atomic E-state index is -1.10. The number of carboxylic acids is 1. The summed E-state index contributed by atoms with van der Waals surface area (Å²) in [4.78, 5) is 21.5. The summed E-state index contributed by atoms with van der Waals surface area (Å²) >= 11 is 0. The summed E-state index contributed by atoms with van der Waals surface area (Å²) in [5.74, 6) is -1.34. The molecule has 0 saturated heterocycles. The van der Waals surface area contributed by atoms with E-state index in [9.17, 15) is 9.59 Å². The van der Waals surface area contributed by atoms with Gasteiger partial charge in [0.1, 0.15) is 0 Å². The van der Waals surface area contributed by atoms with Crippen molar-refractivity contribution in [3.63, 3.8) is 0 Å². The summed E-state index contributed by atoms with van der Waals surface area (Å²) in [5.41, 5.74) is -0.0819. The van der Waals surface area contributed by atoms with E-state index in [2.05, 4.69) is 15.6 Å². The summed E-state index contributed by atoms with van der Waals surface area (Å²) in [5, 5.41) is 18.8. The van der Waals surface area contributed by atoms with E-state index in [1.165, 1.54) is 10.9 Å². The molecule has 0 spiro atoms. The number of rotatable bonds is 8. The number of ether oxygens (including phenoxy) is 1. The topological polar surface area (TPSA) is 106 Å². The number of aromatic carboxylic acids is 1. The van der Waals surface area contributed by atoms with E-state index < -0.39 is 5.97 Å². The molecule has 0 atom stereocenters. The maximum atomic E-state index is 11.0. The Morgan fingerprint density at radius 3 is 2.89 bits per heavy atom. The molecular weight excluding hydrogens is 240 g/mol. The van der Waals surface area contributed by atoms with Gasteiger partial charge in [0.25, 0.3) is 0 Å². The molecule has 18 heavy (non-hydrogen) atoms. The van der Waals surface area contributed by atoms with Crippen LogP contribution in [0.3, 0.4) is 0 Å². The molecule has 1 rings (SSSR count). The van der Waals surface area contributed by atoms with Gasteiger partial charge in [0, 0.05) is 13.1 Å². The summed E-state index contributed by atoms with van der Waals surface area (Å²) in [6.45, 7) is 3.72. The van der Waals surface area contributed by atoms with E-state index in [4.69, 9.17) is 9.84 Å². The van der Waals surface area contributed by atoms with Gasteiger partial charge in [-0.3, -0.25) is 9.48 Å². The molecule has 100 valence electrons. The van der Waals surface area contributed by atoms with Crippen LogP contribution in [0, 0.1) is 0 Å². The molecule has 0 aliphatic heterocycles. The number of carboxylic acid groups (broad SMARTS) is 1. The lowest BCUT2D eigenvalue weighted by Crippen LogP contribution is -2.23. The van der Waals surface area contributed by atoms with E-state index in [1.807, 2.05) is 0 Å². The molecule has 1 aromatic rings. The second-order valence-corrected chi connectivity index (χ2v) is 3.48. The fourth-order valence-electron chi connectivity index (χ4n) is 1.25. The number of esters is 1. The maximum Gasteiger partial charge on any atom is 0.358 e. The lowest BCUT2D eigenvalue weighted by Gasteiger charge is -2.04. The molecule has 0 aliphatic rings. The Balaban J connectivity index is 2.14. The molecule has 0 unspecified atom stereocenters. The quantitative estimate of drug-likeness (QED) is 0.478. The normalized spacial score (nSPS) is 10.3. The fourth-order valence-corrected chi connectivity index (χ4v) is 1.25. The number of carbonyl (C=O) groups excluding carboxylic acids is 1.